The number of nitrogens with one attached hydrogen (secondary N) is 1. The van der Waals surface area contributed by atoms with Crippen LogP contribution in [-0.4, -0.2) is 5.91 Å². The van der Waals surface area contributed by atoms with E-state index in [4.69, 9.17) is 5.73 Å². The standard InChI is InChI=1S/C12H14F2N2O/c13-8-5-6-9(15)11(10(8)14)16-12(17)7-3-1-2-4-7/h5-7H,1-4,15H2,(H,16,17). The fraction of sp³-hybridized carbons (Fsp3) is 0.417. The van der Waals surface area contributed by atoms with Gasteiger partial charge < -0.3 is 11.1 Å². The molecule has 0 atom stereocenters. The summed E-state index contributed by atoms with van der Waals surface area (Å²) in [5.41, 5.74) is 5.30. The number of benzene rings is 1. The summed E-state index contributed by atoms with van der Waals surface area (Å²) in [5, 5.41) is 2.38. The molecule has 0 saturated heterocycles. The van der Waals surface area contributed by atoms with Crippen LogP contribution in [0.1, 0.15) is 25.7 Å². The van der Waals surface area contributed by atoms with Crippen LogP contribution in [-0.2, 0) is 4.79 Å². The van der Waals surface area contributed by atoms with Gasteiger partial charge in [0.25, 0.3) is 0 Å². The third-order valence-corrected chi connectivity index (χ3v) is 3.10. The molecule has 0 bridgehead atoms. The molecule has 0 heterocycles. The van der Waals surface area contributed by atoms with Gasteiger partial charge in [-0.2, -0.15) is 0 Å². The molecule has 2 rings (SSSR count). The molecule has 1 aliphatic carbocycles. The number of hydrogen-bond acceptors (Lipinski definition) is 2. The second kappa shape index (κ2) is 4.69. The number of carbonyl (C=O) groups is 1. The molecule has 5 heteroatoms. The monoisotopic (exact) mass is 240 g/mol. The lowest BCUT2D eigenvalue weighted by Crippen LogP contribution is -2.22. The maximum absolute atomic E-state index is 13.4. The van der Waals surface area contributed by atoms with Crippen LogP contribution in [0.5, 0.6) is 0 Å². The Morgan fingerprint density at radius 1 is 1.29 bits per heavy atom. The maximum Gasteiger partial charge on any atom is 0.227 e. The molecule has 1 fully saturated rings. The second-order valence-electron chi connectivity index (χ2n) is 4.30. The average molecular weight is 240 g/mol. The third-order valence-electron chi connectivity index (χ3n) is 3.10. The number of amides is 1. The van der Waals surface area contributed by atoms with E-state index in [0.29, 0.717) is 0 Å². The lowest BCUT2D eigenvalue weighted by atomic mass is 10.1. The molecule has 1 saturated carbocycles. The lowest BCUT2D eigenvalue weighted by Gasteiger charge is -2.13. The Morgan fingerprint density at radius 3 is 2.59 bits per heavy atom. The number of anilines is 2. The van der Waals surface area contributed by atoms with Gasteiger partial charge in [0.05, 0.1) is 5.69 Å². The minimum atomic E-state index is -1.10. The summed E-state index contributed by atoms with van der Waals surface area (Å²) in [5.74, 6) is -2.51. The quantitative estimate of drug-likeness (QED) is 0.781. The Hall–Kier alpha value is -1.65. The van der Waals surface area contributed by atoms with E-state index in [2.05, 4.69) is 5.32 Å². The molecule has 0 unspecified atom stereocenters. The van der Waals surface area contributed by atoms with Crippen molar-refractivity contribution < 1.29 is 13.6 Å². The first kappa shape index (κ1) is 11.8. The molecule has 3 N–H and O–H groups in total. The highest BCUT2D eigenvalue weighted by molar-refractivity contribution is 5.95. The fourth-order valence-corrected chi connectivity index (χ4v) is 2.11. The topological polar surface area (TPSA) is 55.1 Å². The van der Waals surface area contributed by atoms with Crippen molar-refractivity contribution in [1.82, 2.24) is 0 Å². The van der Waals surface area contributed by atoms with Crippen molar-refractivity contribution in [2.24, 2.45) is 5.92 Å². The highest BCUT2D eigenvalue weighted by atomic mass is 19.2. The Morgan fingerprint density at radius 2 is 1.94 bits per heavy atom. The molecule has 1 aromatic rings. The number of nitrogens with two attached hydrogens (primary N) is 1. The number of nitrogen functional groups attached to an aromatic ring is 1. The van der Waals surface area contributed by atoms with Gasteiger partial charge in [-0.25, -0.2) is 8.78 Å². The third kappa shape index (κ3) is 2.38. The van der Waals surface area contributed by atoms with Crippen molar-refractivity contribution in [1.29, 1.82) is 0 Å². The van der Waals surface area contributed by atoms with Crippen molar-refractivity contribution >= 4 is 17.3 Å². The van der Waals surface area contributed by atoms with Crippen LogP contribution in [0.15, 0.2) is 12.1 Å². The Labute approximate surface area is 98.0 Å². The molecule has 0 radical (unpaired) electrons. The van der Waals surface area contributed by atoms with Crippen LogP contribution in [0, 0.1) is 17.6 Å². The summed E-state index contributed by atoms with van der Waals surface area (Å²) >= 11 is 0. The zero-order chi connectivity index (χ0) is 12.4. The lowest BCUT2D eigenvalue weighted by molar-refractivity contribution is -0.119. The highest BCUT2D eigenvalue weighted by Crippen LogP contribution is 2.29. The molecule has 92 valence electrons. The second-order valence-corrected chi connectivity index (χ2v) is 4.30. The van der Waals surface area contributed by atoms with Gasteiger partial charge in [-0.15, -0.1) is 0 Å². The molecule has 17 heavy (non-hydrogen) atoms. The normalized spacial score (nSPS) is 16.1. The van der Waals surface area contributed by atoms with Crippen LogP contribution >= 0.6 is 0 Å². The fourth-order valence-electron chi connectivity index (χ4n) is 2.11. The van der Waals surface area contributed by atoms with Gasteiger partial charge in [0.1, 0.15) is 5.69 Å². The first-order valence-corrected chi connectivity index (χ1v) is 5.64. The van der Waals surface area contributed by atoms with E-state index in [0.717, 1.165) is 31.7 Å². The summed E-state index contributed by atoms with van der Waals surface area (Å²) in [4.78, 5) is 11.8. The highest BCUT2D eigenvalue weighted by Gasteiger charge is 2.24. The van der Waals surface area contributed by atoms with E-state index in [9.17, 15) is 13.6 Å². The molecule has 1 aliphatic rings. The van der Waals surface area contributed by atoms with Gasteiger partial charge >= 0.3 is 0 Å². The summed E-state index contributed by atoms with van der Waals surface area (Å²) in [7, 11) is 0. The number of hydrogen-bond donors (Lipinski definition) is 2. The largest absolute Gasteiger partial charge is 0.397 e. The Balaban J connectivity index is 2.17. The van der Waals surface area contributed by atoms with Crippen molar-refractivity contribution in [3.05, 3.63) is 23.8 Å². The summed E-state index contributed by atoms with van der Waals surface area (Å²) < 4.78 is 26.4. The molecule has 0 aromatic heterocycles. The van der Waals surface area contributed by atoms with Gasteiger partial charge in [0.2, 0.25) is 5.91 Å². The van der Waals surface area contributed by atoms with Crippen molar-refractivity contribution in [2.45, 2.75) is 25.7 Å². The molecule has 1 aromatic carbocycles. The van der Waals surface area contributed by atoms with Gasteiger partial charge in [0, 0.05) is 5.92 Å². The van der Waals surface area contributed by atoms with Gasteiger partial charge in [-0.3, -0.25) is 4.79 Å². The molecule has 0 spiro atoms. The van der Waals surface area contributed by atoms with Crippen molar-refractivity contribution in [3.63, 3.8) is 0 Å². The molecular formula is C12H14F2N2O. The minimum absolute atomic E-state index is 0.0373. The summed E-state index contributed by atoms with van der Waals surface area (Å²) in [6.07, 6.45) is 3.59. The molecular weight excluding hydrogens is 226 g/mol. The van der Waals surface area contributed by atoms with Gasteiger partial charge in [0.15, 0.2) is 11.6 Å². The predicted molar refractivity (Wildman–Crippen MR) is 61.4 cm³/mol. The van der Waals surface area contributed by atoms with E-state index >= 15 is 0 Å². The number of rotatable bonds is 2. The zero-order valence-corrected chi connectivity index (χ0v) is 9.30. The van der Waals surface area contributed by atoms with Crippen molar-refractivity contribution in [3.8, 4) is 0 Å². The minimum Gasteiger partial charge on any atom is -0.397 e. The zero-order valence-electron chi connectivity index (χ0n) is 9.30. The van der Waals surface area contributed by atoms with Gasteiger partial charge in [-0.05, 0) is 25.0 Å². The average Bonchev–Trinajstić information content (AvgIpc) is 2.83. The van der Waals surface area contributed by atoms with E-state index in [1.807, 2.05) is 0 Å². The first-order chi connectivity index (χ1) is 8.09. The first-order valence-electron chi connectivity index (χ1n) is 5.64. The summed E-state index contributed by atoms with van der Waals surface area (Å²) in [6.45, 7) is 0. The smallest absolute Gasteiger partial charge is 0.227 e. The molecule has 3 nitrogen and oxygen atoms in total. The van der Waals surface area contributed by atoms with Crippen LogP contribution < -0.4 is 11.1 Å². The molecule has 1 amide bonds. The van der Waals surface area contributed by atoms with E-state index in [1.165, 1.54) is 6.07 Å². The van der Waals surface area contributed by atoms with E-state index < -0.39 is 11.6 Å². The Kier molecular flexibility index (Phi) is 3.26. The summed E-state index contributed by atoms with van der Waals surface area (Å²) in [6, 6.07) is 2.18. The number of halogens is 2. The van der Waals surface area contributed by atoms with Crippen LogP contribution in [0.4, 0.5) is 20.2 Å². The van der Waals surface area contributed by atoms with Crippen LogP contribution in [0.2, 0.25) is 0 Å². The Bertz CT molecular complexity index is 442. The maximum atomic E-state index is 13.4. The molecule has 0 aliphatic heterocycles. The van der Waals surface area contributed by atoms with Crippen LogP contribution in [0.25, 0.3) is 0 Å². The van der Waals surface area contributed by atoms with E-state index in [1.54, 1.807) is 0 Å². The van der Waals surface area contributed by atoms with Gasteiger partial charge in [-0.1, -0.05) is 12.8 Å². The van der Waals surface area contributed by atoms with E-state index in [-0.39, 0.29) is 23.2 Å². The van der Waals surface area contributed by atoms with Crippen molar-refractivity contribution in [2.75, 3.05) is 11.1 Å². The predicted octanol–water partition coefficient (Wildman–Crippen LogP) is 2.68. The number of carbonyl (C=O) groups excluding carboxylic acids is 1. The van der Waals surface area contributed by atoms with Crippen LogP contribution in [0.3, 0.4) is 0 Å². The SMILES string of the molecule is Nc1ccc(F)c(F)c1NC(=O)C1CCCC1.